The number of hydrogen-bond acceptors (Lipinski definition) is 8. The van der Waals surface area contributed by atoms with Gasteiger partial charge in [0.05, 0.1) is 48.1 Å². The molecule has 0 aliphatic heterocycles. The second-order valence-corrected chi connectivity index (χ2v) is 7.66. The van der Waals surface area contributed by atoms with Gasteiger partial charge in [-0.25, -0.2) is 0 Å². The van der Waals surface area contributed by atoms with E-state index in [1.807, 2.05) is 0 Å². The molecule has 182 valence electrons. The number of methoxy groups -OCH3 is 5. The maximum atomic E-state index is 13.4. The van der Waals surface area contributed by atoms with Gasteiger partial charge in [-0.1, -0.05) is 6.92 Å². The Hall–Kier alpha value is -2.16. The minimum atomic E-state index is -0.758. The third-order valence-corrected chi connectivity index (χ3v) is 6.07. The van der Waals surface area contributed by atoms with E-state index in [-0.39, 0.29) is 50.1 Å². The topological polar surface area (TPSA) is 89.5 Å². The summed E-state index contributed by atoms with van der Waals surface area (Å²) in [6.45, 7) is 3.69. The fourth-order valence-electron chi connectivity index (χ4n) is 4.50. The molecule has 3 atom stereocenters. The molecule has 0 spiro atoms. The van der Waals surface area contributed by atoms with Crippen molar-refractivity contribution in [1.29, 1.82) is 0 Å². The molecule has 1 aliphatic rings. The second-order valence-electron chi connectivity index (χ2n) is 7.66. The average Bonchev–Trinajstić information content (AvgIpc) is 2.84. The molecule has 9 heteroatoms. The Bertz CT molecular complexity index is 1030. The van der Waals surface area contributed by atoms with E-state index in [1.54, 1.807) is 38.1 Å². The van der Waals surface area contributed by atoms with Gasteiger partial charge >= 0.3 is 43.7 Å². The summed E-state index contributed by atoms with van der Waals surface area (Å²) in [5.41, 5.74) is 1.83. The van der Waals surface area contributed by atoms with E-state index in [9.17, 15) is 9.59 Å². The summed E-state index contributed by atoms with van der Waals surface area (Å²) < 4.78 is 32.8. The van der Waals surface area contributed by atoms with Crippen LogP contribution >= 0.6 is 0 Å². The van der Waals surface area contributed by atoms with Crippen LogP contribution in [0.1, 0.15) is 41.3 Å². The number of Topliss-reactive ketones (excluding diaryl/α,β-unsaturated/α-hetero) is 1. The molecule has 2 aromatic rings. The molecule has 0 heterocycles. The molecule has 3 rings (SSSR count). The van der Waals surface area contributed by atoms with E-state index in [0.29, 0.717) is 39.9 Å². The second kappa shape index (κ2) is 12.0. The molecule has 0 N–H and O–H groups in total. The standard InChI is InChI=1S/C25H30O8.Ca.2H/c1-8-33-25(27)21-13(2)23(26)16-12-18(29-4)17(28-3)11-15(16)22(21)14-9-19(30-5)24(32-7)20(10-14)31-6;;;/h9-13,21-22H,8H2,1-7H3;;;. The molecular formula is C25H32CaO8. The van der Waals surface area contributed by atoms with Gasteiger partial charge in [0.1, 0.15) is 0 Å². The van der Waals surface area contributed by atoms with Gasteiger partial charge in [-0.3, -0.25) is 9.59 Å². The molecule has 1 aliphatic carbocycles. The first-order valence-electron chi connectivity index (χ1n) is 10.6. The van der Waals surface area contributed by atoms with Crippen molar-refractivity contribution in [2.75, 3.05) is 42.2 Å². The number of benzene rings is 2. The molecule has 0 radical (unpaired) electrons. The van der Waals surface area contributed by atoms with Crippen molar-refractivity contribution in [3.8, 4) is 28.7 Å². The van der Waals surface area contributed by atoms with E-state index in [2.05, 4.69) is 0 Å². The Morgan fingerprint density at radius 1 is 0.824 bits per heavy atom. The van der Waals surface area contributed by atoms with Gasteiger partial charge in [0.15, 0.2) is 28.8 Å². The first-order valence-corrected chi connectivity index (χ1v) is 10.6. The summed E-state index contributed by atoms with van der Waals surface area (Å²) in [5, 5.41) is 0. The first kappa shape index (κ1) is 28.1. The van der Waals surface area contributed by atoms with E-state index < -0.39 is 23.7 Å². The van der Waals surface area contributed by atoms with E-state index in [1.165, 1.54) is 35.5 Å². The molecule has 2 aromatic carbocycles. The van der Waals surface area contributed by atoms with Gasteiger partial charge in [-0.15, -0.1) is 0 Å². The van der Waals surface area contributed by atoms with Gasteiger partial charge in [0, 0.05) is 17.4 Å². The SMILES string of the molecule is CCOC(=O)C1C(C)C(=O)c2cc(OC)c(OC)cc2C1c1cc(OC)c(OC)c(OC)c1.[CaH2]. The summed E-state index contributed by atoms with van der Waals surface area (Å²) in [6.07, 6.45) is 0. The monoisotopic (exact) mass is 500 g/mol. The van der Waals surface area contributed by atoms with Gasteiger partial charge in [0.2, 0.25) is 5.75 Å². The van der Waals surface area contributed by atoms with Crippen molar-refractivity contribution >= 4 is 49.5 Å². The Balaban J connectivity index is 0.00000408. The summed E-state index contributed by atoms with van der Waals surface area (Å²) in [4.78, 5) is 26.5. The zero-order chi connectivity index (χ0) is 24.3. The van der Waals surface area contributed by atoms with Crippen molar-refractivity contribution < 1.29 is 38.0 Å². The van der Waals surface area contributed by atoms with Crippen molar-refractivity contribution in [3.63, 3.8) is 0 Å². The predicted octanol–water partition coefficient (Wildman–Crippen LogP) is 2.96. The molecule has 0 aromatic heterocycles. The average molecular weight is 501 g/mol. The van der Waals surface area contributed by atoms with Gasteiger partial charge in [-0.2, -0.15) is 0 Å². The Morgan fingerprint density at radius 3 is 1.82 bits per heavy atom. The van der Waals surface area contributed by atoms with E-state index in [4.69, 9.17) is 28.4 Å². The summed E-state index contributed by atoms with van der Waals surface area (Å²) >= 11 is 0. The number of fused-ring (bicyclic) bond motifs is 1. The first-order chi connectivity index (χ1) is 15.9. The predicted molar refractivity (Wildman–Crippen MR) is 130 cm³/mol. The normalized spacial score (nSPS) is 18.8. The Morgan fingerprint density at radius 2 is 1.35 bits per heavy atom. The number of ether oxygens (including phenoxy) is 6. The van der Waals surface area contributed by atoms with Crippen LogP contribution in [0.15, 0.2) is 24.3 Å². The summed E-state index contributed by atoms with van der Waals surface area (Å²) in [5.74, 6) is -0.297. The third kappa shape index (κ3) is 4.95. The molecule has 0 fully saturated rings. The quantitative estimate of drug-likeness (QED) is 0.404. The summed E-state index contributed by atoms with van der Waals surface area (Å²) in [6, 6.07) is 7.00. The van der Waals surface area contributed by atoms with Crippen molar-refractivity contribution in [2.24, 2.45) is 11.8 Å². The molecule has 34 heavy (non-hydrogen) atoms. The van der Waals surface area contributed by atoms with Crippen LogP contribution in [0.25, 0.3) is 0 Å². The molecule has 8 nitrogen and oxygen atoms in total. The zero-order valence-electron chi connectivity index (χ0n) is 20.0. The van der Waals surface area contributed by atoms with Crippen LogP contribution in [0.5, 0.6) is 28.7 Å². The minimum absolute atomic E-state index is 0. The zero-order valence-corrected chi connectivity index (χ0v) is 20.0. The number of esters is 1. The Kier molecular flexibility index (Phi) is 9.91. The van der Waals surface area contributed by atoms with Crippen LogP contribution in [0.2, 0.25) is 0 Å². The van der Waals surface area contributed by atoms with Gasteiger partial charge in [-0.05, 0) is 42.3 Å². The fourth-order valence-corrected chi connectivity index (χ4v) is 4.50. The van der Waals surface area contributed by atoms with Crippen LogP contribution in [0.3, 0.4) is 0 Å². The van der Waals surface area contributed by atoms with Crippen LogP contribution < -0.4 is 23.7 Å². The fraction of sp³-hybridized carbons (Fsp3) is 0.440. The van der Waals surface area contributed by atoms with Crippen LogP contribution in [0, 0.1) is 11.8 Å². The van der Waals surface area contributed by atoms with Crippen molar-refractivity contribution in [3.05, 3.63) is 41.0 Å². The maximum absolute atomic E-state index is 13.4. The number of rotatable bonds is 8. The van der Waals surface area contributed by atoms with Crippen LogP contribution in [-0.2, 0) is 9.53 Å². The number of carbonyl (C=O) groups excluding carboxylic acids is 2. The molecule has 0 saturated carbocycles. The molecule has 0 saturated heterocycles. The molecule has 0 bridgehead atoms. The number of ketones is 1. The van der Waals surface area contributed by atoms with Crippen LogP contribution in [0.4, 0.5) is 0 Å². The molecular weight excluding hydrogens is 468 g/mol. The summed E-state index contributed by atoms with van der Waals surface area (Å²) in [7, 11) is 7.61. The van der Waals surface area contributed by atoms with E-state index in [0.717, 1.165) is 5.56 Å². The van der Waals surface area contributed by atoms with E-state index >= 15 is 0 Å². The number of hydrogen-bond donors (Lipinski definition) is 0. The van der Waals surface area contributed by atoms with Crippen molar-refractivity contribution in [2.45, 2.75) is 19.8 Å². The van der Waals surface area contributed by atoms with Gasteiger partial charge in [0.25, 0.3) is 0 Å². The van der Waals surface area contributed by atoms with Crippen molar-refractivity contribution in [1.82, 2.24) is 0 Å². The van der Waals surface area contributed by atoms with Gasteiger partial charge < -0.3 is 28.4 Å². The number of carbonyl (C=O) groups is 2. The van der Waals surface area contributed by atoms with Crippen LogP contribution in [-0.4, -0.2) is 91.6 Å². The Labute approximate surface area is 229 Å². The molecule has 3 unspecified atom stereocenters. The molecule has 0 amide bonds. The third-order valence-electron chi connectivity index (χ3n) is 6.07.